The summed E-state index contributed by atoms with van der Waals surface area (Å²) in [6.45, 7) is 4.46. The zero-order valence-electron chi connectivity index (χ0n) is 12.4. The fourth-order valence-corrected chi connectivity index (χ4v) is 2.75. The van der Waals surface area contributed by atoms with Gasteiger partial charge in [0.2, 0.25) is 0 Å². The molecule has 4 nitrogen and oxygen atoms in total. The van der Waals surface area contributed by atoms with Gasteiger partial charge in [-0.25, -0.2) is 0 Å². The maximum atomic E-state index is 12.2. The van der Waals surface area contributed by atoms with Crippen LogP contribution in [-0.2, 0) is 4.74 Å². The first-order valence-corrected chi connectivity index (χ1v) is 7.59. The Morgan fingerprint density at radius 1 is 1.38 bits per heavy atom. The first-order valence-electron chi connectivity index (χ1n) is 7.59. The summed E-state index contributed by atoms with van der Waals surface area (Å²) < 4.78 is 11.5. The van der Waals surface area contributed by atoms with E-state index >= 15 is 0 Å². The quantitative estimate of drug-likeness (QED) is 0.859. The number of ether oxygens (including phenoxy) is 1. The molecule has 1 saturated heterocycles. The molecule has 4 heteroatoms. The largest absolute Gasteiger partial charge is 0.453 e. The normalized spacial score (nSPS) is 16.4. The van der Waals surface area contributed by atoms with Crippen LogP contribution in [0.15, 0.2) is 28.7 Å². The standard InChI is InChI=1S/C17H21NO3/c1-12-3-2-4-13-11-16(21-17(12)13)15(19)7-10-20-14-5-8-18-9-6-14/h2-4,11,14,18H,5-10H2,1H3. The third-order valence-corrected chi connectivity index (χ3v) is 3.98. The van der Waals surface area contributed by atoms with Crippen LogP contribution in [-0.4, -0.2) is 31.6 Å². The number of para-hydroxylation sites is 1. The Morgan fingerprint density at radius 3 is 2.95 bits per heavy atom. The first kappa shape index (κ1) is 14.3. The van der Waals surface area contributed by atoms with E-state index in [1.165, 1.54) is 0 Å². The number of nitrogens with one attached hydrogen (secondary N) is 1. The van der Waals surface area contributed by atoms with E-state index in [1.54, 1.807) is 0 Å². The van der Waals surface area contributed by atoms with Crippen molar-refractivity contribution in [2.24, 2.45) is 0 Å². The van der Waals surface area contributed by atoms with Crippen molar-refractivity contribution in [3.63, 3.8) is 0 Å². The molecule has 0 bridgehead atoms. The lowest BCUT2D eigenvalue weighted by atomic mass is 10.1. The van der Waals surface area contributed by atoms with Crippen molar-refractivity contribution in [2.45, 2.75) is 32.3 Å². The maximum Gasteiger partial charge on any atom is 0.200 e. The highest BCUT2D eigenvalue weighted by atomic mass is 16.5. The van der Waals surface area contributed by atoms with Gasteiger partial charge in [0.05, 0.1) is 12.7 Å². The molecule has 112 valence electrons. The zero-order valence-corrected chi connectivity index (χ0v) is 12.4. The lowest BCUT2D eigenvalue weighted by molar-refractivity contribution is 0.0309. The Balaban J connectivity index is 1.57. The molecule has 1 aliphatic heterocycles. The lowest BCUT2D eigenvalue weighted by Crippen LogP contribution is -2.32. The van der Waals surface area contributed by atoms with Gasteiger partial charge in [-0.2, -0.15) is 0 Å². The topological polar surface area (TPSA) is 51.5 Å². The van der Waals surface area contributed by atoms with Gasteiger partial charge in [0.15, 0.2) is 11.5 Å². The van der Waals surface area contributed by atoms with Crippen LogP contribution in [0.3, 0.4) is 0 Å². The SMILES string of the molecule is Cc1cccc2cc(C(=O)CCOC3CCNCC3)oc12. The predicted octanol–water partition coefficient (Wildman–Crippen LogP) is 3.08. The van der Waals surface area contributed by atoms with E-state index in [0.29, 0.717) is 18.8 Å². The summed E-state index contributed by atoms with van der Waals surface area (Å²) in [7, 11) is 0. The minimum absolute atomic E-state index is 0.0135. The summed E-state index contributed by atoms with van der Waals surface area (Å²) in [6.07, 6.45) is 2.72. The number of ketones is 1. The minimum Gasteiger partial charge on any atom is -0.453 e. The molecule has 0 saturated carbocycles. The van der Waals surface area contributed by atoms with Crippen LogP contribution < -0.4 is 5.32 Å². The molecule has 21 heavy (non-hydrogen) atoms. The molecule has 2 aromatic rings. The second kappa shape index (κ2) is 6.41. The number of hydrogen-bond acceptors (Lipinski definition) is 4. The van der Waals surface area contributed by atoms with Crippen molar-refractivity contribution in [2.75, 3.05) is 19.7 Å². The molecule has 0 unspecified atom stereocenters. The van der Waals surface area contributed by atoms with E-state index in [1.807, 2.05) is 31.2 Å². The van der Waals surface area contributed by atoms with Gasteiger partial charge in [-0.05, 0) is 44.5 Å². The maximum absolute atomic E-state index is 12.2. The van der Waals surface area contributed by atoms with Crippen molar-refractivity contribution in [3.8, 4) is 0 Å². The summed E-state index contributed by atoms with van der Waals surface area (Å²) >= 11 is 0. The fraction of sp³-hybridized carbons (Fsp3) is 0.471. The first-order chi connectivity index (χ1) is 10.2. The van der Waals surface area contributed by atoms with Crippen LogP contribution >= 0.6 is 0 Å². The number of Topliss-reactive ketones (excluding diaryl/α,β-unsaturated/α-hetero) is 1. The number of piperidine rings is 1. The number of rotatable bonds is 5. The summed E-state index contributed by atoms with van der Waals surface area (Å²) in [5.41, 5.74) is 1.86. The number of aryl methyl sites for hydroxylation is 1. The molecule has 0 atom stereocenters. The van der Waals surface area contributed by atoms with Gasteiger partial charge in [0.25, 0.3) is 0 Å². The predicted molar refractivity (Wildman–Crippen MR) is 81.7 cm³/mol. The number of furan rings is 1. The van der Waals surface area contributed by atoms with Gasteiger partial charge in [-0.1, -0.05) is 18.2 Å². The molecule has 1 N–H and O–H groups in total. The highest BCUT2D eigenvalue weighted by Crippen LogP contribution is 2.23. The molecule has 0 radical (unpaired) electrons. The van der Waals surface area contributed by atoms with Gasteiger partial charge in [0, 0.05) is 11.8 Å². The van der Waals surface area contributed by atoms with E-state index in [0.717, 1.165) is 42.5 Å². The van der Waals surface area contributed by atoms with Gasteiger partial charge in [-0.15, -0.1) is 0 Å². The molecule has 3 rings (SSSR count). The lowest BCUT2D eigenvalue weighted by Gasteiger charge is -2.22. The molecule has 2 heterocycles. The Hall–Kier alpha value is -1.65. The van der Waals surface area contributed by atoms with Gasteiger partial charge in [0.1, 0.15) is 5.58 Å². The summed E-state index contributed by atoms with van der Waals surface area (Å²) in [5, 5.41) is 4.28. The van der Waals surface area contributed by atoms with Gasteiger partial charge < -0.3 is 14.5 Å². The summed E-state index contributed by atoms with van der Waals surface area (Å²) in [4.78, 5) is 12.2. The van der Waals surface area contributed by atoms with E-state index in [9.17, 15) is 4.79 Å². The smallest absolute Gasteiger partial charge is 0.200 e. The average molecular weight is 287 g/mol. The van der Waals surface area contributed by atoms with Crippen molar-refractivity contribution in [1.29, 1.82) is 0 Å². The molecule has 0 aliphatic carbocycles. The van der Waals surface area contributed by atoms with E-state index in [-0.39, 0.29) is 11.9 Å². The van der Waals surface area contributed by atoms with Crippen LogP contribution in [0.25, 0.3) is 11.0 Å². The molecular formula is C17H21NO3. The summed E-state index contributed by atoms with van der Waals surface area (Å²) in [6, 6.07) is 7.76. The van der Waals surface area contributed by atoms with Crippen LogP contribution in [0.2, 0.25) is 0 Å². The number of benzene rings is 1. The second-order valence-corrected chi connectivity index (χ2v) is 5.60. The van der Waals surface area contributed by atoms with E-state index < -0.39 is 0 Å². The summed E-state index contributed by atoms with van der Waals surface area (Å²) in [5.74, 6) is 0.452. The van der Waals surface area contributed by atoms with Crippen LogP contribution in [0.4, 0.5) is 0 Å². The average Bonchev–Trinajstić information content (AvgIpc) is 2.94. The van der Waals surface area contributed by atoms with Crippen molar-refractivity contribution in [3.05, 3.63) is 35.6 Å². The third kappa shape index (κ3) is 3.34. The van der Waals surface area contributed by atoms with Crippen molar-refractivity contribution >= 4 is 16.8 Å². The molecule has 1 fully saturated rings. The van der Waals surface area contributed by atoms with Crippen LogP contribution in [0, 0.1) is 6.92 Å². The molecule has 1 aliphatic rings. The van der Waals surface area contributed by atoms with Gasteiger partial charge in [-0.3, -0.25) is 4.79 Å². The Morgan fingerprint density at radius 2 is 2.19 bits per heavy atom. The number of carbonyl (C=O) groups is 1. The highest BCUT2D eigenvalue weighted by molar-refractivity contribution is 5.98. The van der Waals surface area contributed by atoms with E-state index in [4.69, 9.17) is 9.15 Å². The Kier molecular flexibility index (Phi) is 4.36. The second-order valence-electron chi connectivity index (χ2n) is 5.60. The minimum atomic E-state index is 0.0135. The molecule has 0 spiro atoms. The van der Waals surface area contributed by atoms with Crippen LogP contribution in [0.1, 0.15) is 35.4 Å². The molecule has 1 aromatic heterocycles. The number of carbonyl (C=O) groups excluding carboxylic acids is 1. The third-order valence-electron chi connectivity index (χ3n) is 3.98. The van der Waals surface area contributed by atoms with Crippen molar-refractivity contribution < 1.29 is 13.9 Å². The zero-order chi connectivity index (χ0) is 14.7. The van der Waals surface area contributed by atoms with Crippen LogP contribution in [0.5, 0.6) is 0 Å². The fourth-order valence-electron chi connectivity index (χ4n) is 2.75. The number of fused-ring (bicyclic) bond motifs is 1. The number of hydrogen-bond donors (Lipinski definition) is 1. The molecule has 1 aromatic carbocycles. The molecule has 0 amide bonds. The van der Waals surface area contributed by atoms with Gasteiger partial charge >= 0.3 is 0 Å². The van der Waals surface area contributed by atoms with Crippen molar-refractivity contribution in [1.82, 2.24) is 5.32 Å². The monoisotopic (exact) mass is 287 g/mol. The molecular weight excluding hydrogens is 266 g/mol. The highest BCUT2D eigenvalue weighted by Gasteiger charge is 2.16. The van der Waals surface area contributed by atoms with E-state index in [2.05, 4.69) is 5.32 Å². The Labute approximate surface area is 124 Å². The Bertz CT molecular complexity index is 626.